The third-order valence-corrected chi connectivity index (χ3v) is 3.74. The van der Waals surface area contributed by atoms with Crippen molar-refractivity contribution in [1.29, 1.82) is 5.26 Å². The SMILES string of the molecule is COc1cc(C#N)ccc1NC(=O)c1cccc(N)c1Br. The highest BCUT2D eigenvalue weighted by Crippen LogP contribution is 2.28. The van der Waals surface area contributed by atoms with Crippen molar-refractivity contribution in [3.63, 3.8) is 0 Å². The molecule has 5 nitrogen and oxygen atoms in total. The number of methoxy groups -OCH3 is 1. The van der Waals surface area contributed by atoms with Gasteiger partial charge in [-0.25, -0.2) is 0 Å². The minimum atomic E-state index is -0.322. The number of ether oxygens (including phenoxy) is 1. The smallest absolute Gasteiger partial charge is 0.256 e. The Hall–Kier alpha value is -2.52. The summed E-state index contributed by atoms with van der Waals surface area (Å²) in [6.45, 7) is 0. The van der Waals surface area contributed by atoms with E-state index in [0.29, 0.717) is 32.7 Å². The molecule has 0 radical (unpaired) electrons. The highest BCUT2D eigenvalue weighted by Gasteiger charge is 2.14. The zero-order chi connectivity index (χ0) is 15.4. The van der Waals surface area contributed by atoms with Gasteiger partial charge in [0, 0.05) is 11.8 Å². The number of nitriles is 1. The Kier molecular flexibility index (Phi) is 4.45. The van der Waals surface area contributed by atoms with E-state index < -0.39 is 0 Å². The first-order chi connectivity index (χ1) is 10.1. The summed E-state index contributed by atoms with van der Waals surface area (Å²) >= 11 is 3.29. The molecule has 0 aliphatic heterocycles. The molecule has 0 bridgehead atoms. The molecule has 2 aromatic rings. The zero-order valence-electron chi connectivity index (χ0n) is 11.2. The van der Waals surface area contributed by atoms with Crippen molar-refractivity contribution in [2.45, 2.75) is 0 Å². The number of amides is 1. The molecule has 2 aromatic carbocycles. The number of benzene rings is 2. The number of nitrogens with two attached hydrogens (primary N) is 1. The summed E-state index contributed by atoms with van der Waals surface area (Å²) in [5.41, 5.74) is 7.59. The average molecular weight is 346 g/mol. The van der Waals surface area contributed by atoms with Crippen LogP contribution in [0.5, 0.6) is 5.75 Å². The predicted molar refractivity (Wildman–Crippen MR) is 84.2 cm³/mol. The van der Waals surface area contributed by atoms with Gasteiger partial charge >= 0.3 is 0 Å². The molecule has 0 spiro atoms. The number of hydrogen-bond acceptors (Lipinski definition) is 4. The second-order valence-corrected chi connectivity index (χ2v) is 4.98. The molecule has 0 aromatic heterocycles. The van der Waals surface area contributed by atoms with Gasteiger partial charge in [0.25, 0.3) is 5.91 Å². The van der Waals surface area contributed by atoms with E-state index in [9.17, 15) is 4.79 Å². The molecule has 21 heavy (non-hydrogen) atoms. The van der Waals surface area contributed by atoms with Crippen LogP contribution < -0.4 is 15.8 Å². The van der Waals surface area contributed by atoms with Gasteiger partial charge in [-0.15, -0.1) is 0 Å². The van der Waals surface area contributed by atoms with Gasteiger partial charge in [-0.1, -0.05) is 6.07 Å². The number of carbonyl (C=O) groups excluding carboxylic acids is 1. The van der Waals surface area contributed by atoms with Crippen molar-refractivity contribution in [2.24, 2.45) is 0 Å². The first-order valence-corrected chi connectivity index (χ1v) is 6.79. The Morgan fingerprint density at radius 3 is 2.81 bits per heavy atom. The van der Waals surface area contributed by atoms with Crippen LogP contribution in [0.2, 0.25) is 0 Å². The molecule has 0 saturated carbocycles. The highest BCUT2D eigenvalue weighted by atomic mass is 79.9. The average Bonchev–Trinajstić information content (AvgIpc) is 2.50. The van der Waals surface area contributed by atoms with Gasteiger partial charge in [0.15, 0.2) is 0 Å². The summed E-state index contributed by atoms with van der Waals surface area (Å²) < 4.78 is 5.71. The lowest BCUT2D eigenvalue weighted by atomic mass is 10.1. The molecule has 0 saturated heterocycles. The standard InChI is InChI=1S/C15H12BrN3O2/c1-21-13-7-9(8-17)5-6-12(13)19-15(20)10-3-2-4-11(18)14(10)16/h2-7H,18H2,1H3,(H,19,20). The molecule has 0 aliphatic carbocycles. The second-order valence-electron chi connectivity index (χ2n) is 4.19. The monoisotopic (exact) mass is 345 g/mol. The van der Waals surface area contributed by atoms with Crippen LogP contribution >= 0.6 is 15.9 Å². The Labute approximate surface area is 130 Å². The molecule has 0 fully saturated rings. The summed E-state index contributed by atoms with van der Waals surface area (Å²) in [5.74, 6) is 0.0969. The van der Waals surface area contributed by atoms with Gasteiger partial charge in [-0.2, -0.15) is 5.26 Å². The number of halogens is 1. The van der Waals surface area contributed by atoms with Gasteiger partial charge in [0.1, 0.15) is 5.75 Å². The largest absolute Gasteiger partial charge is 0.495 e. The molecule has 1 amide bonds. The fourth-order valence-electron chi connectivity index (χ4n) is 1.78. The lowest BCUT2D eigenvalue weighted by molar-refractivity contribution is 0.102. The van der Waals surface area contributed by atoms with Crippen LogP contribution in [0.25, 0.3) is 0 Å². The maximum atomic E-state index is 12.3. The van der Waals surface area contributed by atoms with Gasteiger partial charge in [-0.05, 0) is 40.2 Å². The van der Waals surface area contributed by atoms with Crippen LogP contribution in [0.15, 0.2) is 40.9 Å². The molecule has 106 valence electrons. The van der Waals surface area contributed by atoms with Crippen LogP contribution in [0.3, 0.4) is 0 Å². The maximum absolute atomic E-state index is 12.3. The van der Waals surface area contributed by atoms with Crippen molar-refractivity contribution < 1.29 is 9.53 Å². The fourth-order valence-corrected chi connectivity index (χ4v) is 2.22. The molecule has 0 aliphatic rings. The van der Waals surface area contributed by atoms with Crippen LogP contribution in [-0.2, 0) is 0 Å². The Morgan fingerprint density at radius 1 is 1.38 bits per heavy atom. The zero-order valence-corrected chi connectivity index (χ0v) is 12.8. The van der Waals surface area contributed by atoms with E-state index in [1.807, 2.05) is 6.07 Å². The Balaban J connectivity index is 2.32. The topological polar surface area (TPSA) is 88.1 Å². The minimum Gasteiger partial charge on any atom is -0.495 e. The molecular weight excluding hydrogens is 334 g/mol. The van der Waals surface area contributed by atoms with E-state index in [1.54, 1.807) is 36.4 Å². The van der Waals surface area contributed by atoms with Crippen molar-refractivity contribution >= 4 is 33.2 Å². The maximum Gasteiger partial charge on any atom is 0.256 e. The van der Waals surface area contributed by atoms with E-state index in [2.05, 4.69) is 21.2 Å². The summed E-state index contributed by atoms with van der Waals surface area (Å²) in [4.78, 5) is 12.3. The number of anilines is 2. The first-order valence-electron chi connectivity index (χ1n) is 6.00. The van der Waals surface area contributed by atoms with Crippen molar-refractivity contribution in [2.75, 3.05) is 18.2 Å². The summed E-state index contributed by atoms with van der Waals surface area (Å²) in [6, 6.07) is 11.9. The van der Waals surface area contributed by atoms with Crippen molar-refractivity contribution in [3.8, 4) is 11.8 Å². The predicted octanol–water partition coefficient (Wildman–Crippen LogP) is 3.16. The lowest BCUT2D eigenvalue weighted by Gasteiger charge is -2.11. The Morgan fingerprint density at radius 2 is 2.14 bits per heavy atom. The molecule has 3 N–H and O–H groups in total. The second kappa shape index (κ2) is 6.29. The minimum absolute atomic E-state index is 0.322. The normalized spacial score (nSPS) is 9.76. The molecular formula is C15H12BrN3O2. The van der Waals surface area contributed by atoms with E-state index in [1.165, 1.54) is 7.11 Å². The fraction of sp³-hybridized carbons (Fsp3) is 0.0667. The van der Waals surface area contributed by atoms with Crippen LogP contribution in [-0.4, -0.2) is 13.0 Å². The van der Waals surface area contributed by atoms with E-state index in [0.717, 1.165) is 0 Å². The Bertz CT molecular complexity index is 738. The number of hydrogen-bond donors (Lipinski definition) is 2. The van der Waals surface area contributed by atoms with Crippen LogP contribution in [0, 0.1) is 11.3 Å². The van der Waals surface area contributed by atoms with E-state index in [-0.39, 0.29) is 5.91 Å². The first kappa shape index (κ1) is 14.9. The summed E-state index contributed by atoms with van der Waals surface area (Å²) in [5, 5.41) is 11.6. The van der Waals surface area contributed by atoms with Gasteiger partial charge in [-0.3, -0.25) is 4.79 Å². The number of nitrogens with one attached hydrogen (secondary N) is 1. The van der Waals surface area contributed by atoms with Crippen LogP contribution in [0.1, 0.15) is 15.9 Å². The van der Waals surface area contributed by atoms with Gasteiger partial charge < -0.3 is 15.8 Å². The summed E-state index contributed by atoms with van der Waals surface area (Å²) in [7, 11) is 1.47. The summed E-state index contributed by atoms with van der Waals surface area (Å²) in [6.07, 6.45) is 0. The lowest BCUT2D eigenvalue weighted by Crippen LogP contribution is -2.14. The van der Waals surface area contributed by atoms with Gasteiger partial charge in [0.05, 0.1) is 34.5 Å². The molecule has 0 heterocycles. The molecule has 2 rings (SSSR count). The van der Waals surface area contributed by atoms with E-state index >= 15 is 0 Å². The molecule has 6 heteroatoms. The van der Waals surface area contributed by atoms with Gasteiger partial charge in [0.2, 0.25) is 0 Å². The van der Waals surface area contributed by atoms with Crippen molar-refractivity contribution in [3.05, 3.63) is 52.0 Å². The quantitative estimate of drug-likeness (QED) is 0.836. The van der Waals surface area contributed by atoms with E-state index in [4.69, 9.17) is 15.7 Å². The molecule has 0 atom stereocenters. The number of rotatable bonds is 3. The number of nitrogen functional groups attached to an aromatic ring is 1. The number of nitrogens with zero attached hydrogens (tertiary/aromatic N) is 1. The van der Waals surface area contributed by atoms with Crippen LogP contribution in [0.4, 0.5) is 11.4 Å². The third-order valence-electron chi connectivity index (χ3n) is 2.85. The third kappa shape index (κ3) is 3.15. The van der Waals surface area contributed by atoms with Crippen molar-refractivity contribution in [1.82, 2.24) is 0 Å². The number of carbonyl (C=O) groups is 1. The highest BCUT2D eigenvalue weighted by molar-refractivity contribution is 9.10. The molecule has 0 unspecified atom stereocenters.